The van der Waals surface area contributed by atoms with Crippen LogP contribution in [0.4, 0.5) is 24.8 Å². The molecule has 0 amide bonds. The Kier molecular flexibility index (Phi) is 5.72. The third-order valence-electron chi connectivity index (χ3n) is 5.28. The highest BCUT2D eigenvalue weighted by Gasteiger charge is 2.38. The van der Waals surface area contributed by atoms with Gasteiger partial charge in [0.2, 0.25) is 0 Å². The molecule has 1 aliphatic heterocycles. The molecule has 1 aliphatic rings. The third-order valence-corrected chi connectivity index (χ3v) is 6.34. The highest BCUT2D eigenvalue weighted by atomic mass is 32.2. The lowest BCUT2D eigenvalue weighted by Crippen LogP contribution is -2.49. The molecule has 1 saturated heterocycles. The molecule has 0 spiro atoms. The van der Waals surface area contributed by atoms with Gasteiger partial charge in [-0.2, -0.15) is 13.2 Å². The maximum atomic E-state index is 13.1. The van der Waals surface area contributed by atoms with Gasteiger partial charge in [-0.25, -0.2) is 9.97 Å². The Bertz CT molecular complexity index is 850. The Labute approximate surface area is 165 Å². The summed E-state index contributed by atoms with van der Waals surface area (Å²) in [5.74, 6) is 0.541. The molecule has 1 fully saturated rings. The molecule has 0 saturated carbocycles. The van der Waals surface area contributed by atoms with Crippen LogP contribution in [0, 0.1) is 5.41 Å². The maximum Gasteiger partial charge on any atom is 0.434 e. The number of aliphatic hydroxyl groups is 1. The molecule has 10 heteroatoms. The summed E-state index contributed by atoms with van der Waals surface area (Å²) in [4.78, 5) is 13.7. The molecule has 0 radical (unpaired) electrons. The fourth-order valence-corrected chi connectivity index (χ4v) is 3.98. The quantitative estimate of drug-likeness (QED) is 0.792. The number of rotatable bonds is 4. The van der Waals surface area contributed by atoms with Crippen molar-refractivity contribution in [3.05, 3.63) is 30.2 Å². The number of aromatic nitrogens is 3. The monoisotopic (exact) mass is 413 g/mol. The standard InChI is InChI=1S/C18H22F3N5OS/c1-3-17(2)6-8-26(10-12(17)27)13-9-24-16(15(22)25-13)28-11-5-4-7-23-14(11)18(19,20)21/h4-5,7,9,12,27H,3,6,8,10H2,1-2H3,(H2,22,25)/t12-,17-/m0/s1. The van der Waals surface area contributed by atoms with Crippen LogP contribution in [-0.4, -0.2) is 39.3 Å². The van der Waals surface area contributed by atoms with Crippen LogP contribution in [0.25, 0.3) is 0 Å². The van der Waals surface area contributed by atoms with Crippen LogP contribution in [0.15, 0.2) is 34.4 Å². The van der Waals surface area contributed by atoms with Crippen molar-refractivity contribution in [1.29, 1.82) is 0 Å². The molecule has 6 nitrogen and oxygen atoms in total. The van der Waals surface area contributed by atoms with Gasteiger partial charge < -0.3 is 15.7 Å². The fourth-order valence-electron chi connectivity index (χ4n) is 3.10. The van der Waals surface area contributed by atoms with Gasteiger partial charge in [0.15, 0.2) is 11.5 Å². The first-order chi connectivity index (χ1) is 13.1. The molecular formula is C18H22F3N5OS. The number of piperidine rings is 1. The minimum Gasteiger partial charge on any atom is -0.391 e. The first kappa shape index (κ1) is 20.7. The number of β-amino-alcohol motifs (C(OH)–C–C–N with tert-alkyl or cyclic N) is 1. The molecule has 2 aromatic rings. The zero-order valence-corrected chi connectivity index (χ0v) is 16.4. The summed E-state index contributed by atoms with van der Waals surface area (Å²) in [6.07, 6.45) is -0.832. The second-order valence-corrected chi connectivity index (χ2v) is 8.12. The van der Waals surface area contributed by atoms with Crippen molar-refractivity contribution >= 4 is 23.4 Å². The first-order valence-corrected chi connectivity index (χ1v) is 9.71. The van der Waals surface area contributed by atoms with Crippen LogP contribution in [0.1, 0.15) is 32.4 Å². The van der Waals surface area contributed by atoms with Gasteiger partial charge in [0, 0.05) is 24.2 Å². The Balaban J connectivity index is 1.79. The molecule has 3 N–H and O–H groups in total. The number of anilines is 2. The number of pyridine rings is 1. The number of alkyl halides is 3. The average Bonchev–Trinajstić information content (AvgIpc) is 2.65. The molecule has 0 aromatic carbocycles. The number of halogens is 3. The number of hydrogen-bond acceptors (Lipinski definition) is 7. The van der Waals surface area contributed by atoms with E-state index in [0.717, 1.165) is 30.8 Å². The second-order valence-electron chi connectivity index (χ2n) is 7.09. The first-order valence-electron chi connectivity index (χ1n) is 8.89. The van der Waals surface area contributed by atoms with Crippen LogP contribution in [0.2, 0.25) is 0 Å². The van der Waals surface area contributed by atoms with Crippen molar-refractivity contribution in [3.63, 3.8) is 0 Å². The van der Waals surface area contributed by atoms with Gasteiger partial charge in [0.1, 0.15) is 10.8 Å². The smallest absolute Gasteiger partial charge is 0.391 e. The van der Waals surface area contributed by atoms with E-state index in [0.29, 0.717) is 18.9 Å². The molecule has 28 heavy (non-hydrogen) atoms. The summed E-state index contributed by atoms with van der Waals surface area (Å²) >= 11 is 0.778. The largest absolute Gasteiger partial charge is 0.434 e. The molecule has 3 rings (SSSR count). The molecule has 152 valence electrons. The Morgan fingerprint density at radius 1 is 1.39 bits per heavy atom. The number of nitrogens with zero attached hydrogens (tertiary/aromatic N) is 4. The Hall–Kier alpha value is -2.07. The number of nitrogens with two attached hydrogens (primary N) is 1. The molecule has 0 unspecified atom stereocenters. The lowest BCUT2D eigenvalue weighted by Gasteiger charge is -2.43. The van der Waals surface area contributed by atoms with E-state index in [2.05, 4.69) is 28.8 Å². The fraction of sp³-hybridized carbons (Fsp3) is 0.500. The van der Waals surface area contributed by atoms with Crippen LogP contribution in [0.5, 0.6) is 0 Å². The zero-order valence-electron chi connectivity index (χ0n) is 15.6. The lowest BCUT2D eigenvalue weighted by atomic mass is 9.76. The van der Waals surface area contributed by atoms with Crippen molar-refractivity contribution in [2.24, 2.45) is 5.41 Å². The number of nitrogen functional groups attached to an aromatic ring is 1. The van der Waals surface area contributed by atoms with E-state index in [1.54, 1.807) is 0 Å². The summed E-state index contributed by atoms with van der Waals surface area (Å²) in [7, 11) is 0. The minimum atomic E-state index is -4.57. The number of aliphatic hydroxyl groups excluding tert-OH is 1. The molecule has 2 aromatic heterocycles. The normalized spacial score (nSPS) is 23.1. The summed E-state index contributed by atoms with van der Waals surface area (Å²) in [5, 5.41) is 10.6. The summed E-state index contributed by atoms with van der Waals surface area (Å²) in [6.45, 7) is 5.21. The van der Waals surface area contributed by atoms with Gasteiger partial charge in [-0.15, -0.1) is 0 Å². The van der Waals surface area contributed by atoms with E-state index in [1.807, 2.05) is 4.90 Å². The summed E-state index contributed by atoms with van der Waals surface area (Å²) in [6, 6.07) is 2.75. The van der Waals surface area contributed by atoms with Gasteiger partial charge in [0.25, 0.3) is 0 Å². The van der Waals surface area contributed by atoms with Gasteiger partial charge >= 0.3 is 6.18 Å². The topological polar surface area (TPSA) is 88.2 Å². The lowest BCUT2D eigenvalue weighted by molar-refractivity contribution is -0.143. The number of hydrogen-bond donors (Lipinski definition) is 2. The van der Waals surface area contributed by atoms with Crippen molar-refractivity contribution in [2.75, 3.05) is 23.7 Å². The van der Waals surface area contributed by atoms with Gasteiger partial charge in [-0.3, -0.25) is 4.98 Å². The maximum absolute atomic E-state index is 13.1. The minimum absolute atomic E-state index is 0.0396. The molecule has 0 aliphatic carbocycles. The van der Waals surface area contributed by atoms with Crippen LogP contribution in [-0.2, 0) is 6.18 Å². The van der Waals surface area contributed by atoms with Crippen LogP contribution >= 0.6 is 11.8 Å². The predicted molar refractivity (Wildman–Crippen MR) is 101 cm³/mol. The van der Waals surface area contributed by atoms with E-state index >= 15 is 0 Å². The van der Waals surface area contributed by atoms with Crippen molar-refractivity contribution in [1.82, 2.24) is 15.0 Å². The third kappa shape index (κ3) is 4.17. The molecule has 0 bridgehead atoms. The van der Waals surface area contributed by atoms with E-state index in [4.69, 9.17) is 5.73 Å². The Morgan fingerprint density at radius 3 is 2.75 bits per heavy atom. The average molecular weight is 413 g/mol. The van der Waals surface area contributed by atoms with Gasteiger partial charge in [-0.1, -0.05) is 25.6 Å². The van der Waals surface area contributed by atoms with Crippen LogP contribution < -0.4 is 10.6 Å². The van der Waals surface area contributed by atoms with E-state index in [9.17, 15) is 18.3 Å². The molecule has 3 heterocycles. The van der Waals surface area contributed by atoms with E-state index in [1.165, 1.54) is 18.3 Å². The highest BCUT2D eigenvalue weighted by Crippen LogP contribution is 2.39. The molecule has 2 atom stereocenters. The zero-order chi connectivity index (χ0) is 20.5. The Morgan fingerprint density at radius 2 is 2.14 bits per heavy atom. The van der Waals surface area contributed by atoms with E-state index < -0.39 is 18.0 Å². The summed E-state index contributed by atoms with van der Waals surface area (Å²) in [5.41, 5.74) is 4.84. The van der Waals surface area contributed by atoms with Crippen molar-refractivity contribution in [2.45, 2.75) is 48.9 Å². The SMILES string of the molecule is CC[C@@]1(C)CCN(c2cnc(Sc3cccnc3C(F)(F)F)c(N)n2)C[C@@H]1O. The van der Waals surface area contributed by atoms with Gasteiger partial charge in [0.05, 0.1) is 12.3 Å². The van der Waals surface area contributed by atoms with E-state index in [-0.39, 0.29) is 21.2 Å². The van der Waals surface area contributed by atoms with Crippen LogP contribution in [0.3, 0.4) is 0 Å². The predicted octanol–water partition coefficient (Wildman–Crippen LogP) is 3.61. The van der Waals surface area contributed by atoms with Gasteiger partial charge in [-0.05, 0) is 30.4 Å². The van der Waals surface area contributed by atoms with Crippen molar-refractivity contribution < 1.29 is 18.3 Å². The second kappa shape index (κ2) is 7.75. The van der Waals surface area contributed by atoms with Crippen molar-refractivity contribution in [3.8, 4) is 0 Å². The summed E-state index contributed by atoms with van der Waals surface area (Å²) < 4.78 is 39.3. The highest BCUT2D eigenvalue weighted by molar-refractivity contribution is 7.99. The molecular weight excluding hydrogens is 391 g/mol.